The first kappa shape index (κ1) is 19.0. The zero-order valence-corrected chi connectivity index (χ0v) is 17.1. The third-order valence-corrected chi connectivity index (χ3v) is 5.94. The van der Waals surface area contributed by atoms with Gasteiger partial charge in [-0.1, -0.05) is 6.07 Å². The Kier molecular flexibility index (Phi) is 5.09. The van der Waals surface area contributed by atoms with Crippen molar-refractivity contribution in [1.82, 2.24) is 4.90 Å². The van der Waals surface area contributed by atoms with Crippen LogP contribution in [0.25, 0.3) is 11.0 Å². The molecule has 0 spiro atoms. The van der Waals surface area contributed by atoms with E-state index in [1.165, 1.54) is 17.5 Å². The first-order valence-electron chi connectivity index (χ1n) is 10.4. The number of rotatable bonds is 7. The molecule has 2 aromatic carbocycles. The van der Waals surface area contributed by atoms with Gasteiger partial charge >= 0.3 is 0 Å². The second-order valence-corrected chi connectivity index (χ2v) is 7.90. The summed E-state index contributed by atoms with van der Waals surface area (Å²) in [6.45, 7) is 1.73. The Hall–Kier alpha value is -2.99. The predicted molar refractivity (Wildman–Crippen MR) is 112 cm³/mol. The molecule has 5 rings (SSSR count). The number of hydrogen-bond donors (Lipinski definition) is 0. The van der Waals surface area contributed by atoms with Crippen LogP contribution in [0.2, 0.25) is 0 Å². The van der Waals surface area contributed by atoms with E-state index in [2.05, 4.69) is 12.1 Å². The van der Waals surface area contributed by atoms with Crippen LogP contribution in [0.15, 0.2) is 41.0 Å². The Morgan fingerprint density at radius 1 is 1.10 bits per heavy atom. The van der Waals surface area contributed by atoms with Crippen LogP contribution < -0.4 is 9.47 Å². The zero-order chi connectivity index (χ0) is 20.5. The van der Waals surface area contributed by atoms with Crippen LogP contribution in [0, 0.1) is 0 Å². The summed E-state index contributed by atoms with van der Waals surface area (Å²) in [6.07, 6.45) is 5.44. The number of amides is 1. The number of nitrogens with zero attached hydrogens (tertiary/aromatic N) is 1. The van der Waals surface area contributed by atoms with Gasteiger partial charge in [-0.3, -0.25) is 4.79 Å². The summed E-state index contributed by atoms with van der Waals surface area (Å²) in [5.41, 5.74) is 5.57. The number of carbonyl (C=O) groups excluding carboxylic acids is 1. The average Bonchev–Trinajstić information content (AvgIpc) is 3.49. The number of fused-ring (bicyclic) bond motifs is 3. The van der Waals surface area contributed by atoms with E-state index < -0.39 is 0 Å². The van der Waals surface area contributed by atoms with Crippen molar-refractivity contribution < 1.29 is 23.4 Å². The monoisotopic (exact) mass is 407 g/mol. The fourth-order valence-corrected chi connectivity index (χ4v) is 4.31. The summed E-state index contributed by atoms with van der Waals surface area (Å²) >= 11 is 0. The van der Waals surface area contributed by atoms with E-state index in [0.717, 1.165) is 46.4 Å². The van der Waals surface area contributed by atoms with Gasteiger partial charge < -0.3 is 23.5 Å². The molecule has 156 valence electrons. The van der Waals surface area contributed by atoms with Crippen molar-refractivity contribution in [2.45, 2.75) is 32.2 Å². The molecular weight excluding hydrogens is 382 g/mol. The zero-order valence-electron chi connectivity index (χ0n) is 17.1. The van der Waals surface area contributed by atoms with Gasteiger partial charge in [0.2, 0.25) is 12.7 Å². The number of furan rings is 1. The van der Waals surface area contributed by atoms with Gasteiger partial charge in [0.25, 0.3) is 0 Å². The second-order valence-electron chi connectivity index (χ2n) is 7.90. The molecule has 0 radical (unpaired) electrons. The summed E-state index contributed by atoms with van der Waals surface area (Å²) in [4.78, 5) is 15.0. The minimum absolute atomic E-state index is 0.0490. The SMILES string of the molecule is COCCN(Cc1ccc2c(c1)OCO2)C(=O)Cc1coc2cc3c(cc12)CCC3. The standard InChI is InChI=1S/C24H25NO5/c1-27-8-7-25(13-16-5-6-21-23(9-16)30-15-29-21)24(26)12-19-14-28-22-11-18-4-2-3-17(18)10-20(19)22/h5-6,9-11,14H,2-4,7-8,12-13,15H2,1H3. The molecule has 1 aliphatic carbocycles. The van der Waals surface area contributed by atoms with Crippen LogP contribution in [0.3, 0.4) is 0 Å². The molecule has 0 fully saturated rings. The molecule has 0 saturated heterocycles. The molecule has 2 aliphatic rings. The lowest BCUT2D eigenvalue weighted by molar-refractivity contribution is -0.131. The lowest BCUT2D eigenvalue weighted by Gasteiger charge is -2.22. The number of hydrogen-bond acceptors (Lipinski definition) is 5. The molecule has 6 nitrogen and oxygen atoms in total. The van der Waals surface area contributed by atoms with Crippen LogP contribution in [0.4, 0.5) is 0 Å². The number of benzene rings is 2. The van der Waals surface area contributed by atoms with E-state index in [9.17, 15) is 4.79 Å². The number of ether oxygens (including phenoxy) is 3. The van der Waals surface area contributed by atoms with E-state index in [1.807, 2.05) is 23.1 Å². The van der Waals surface area contributed by atoms with Crippen molar-refractivity contribution >= 4 is 16.9 Å². The molecule has 0 atom stereocenters. The summed E-state index contributed by atoms with van der Waals surface area (Å²) in [7, 11) is 1.65. The van der Waals surface area contributed by atoms with Crippen molar-refractivity contribution in [2.75, 3.05) is 27.1 Å². The smallest absolute Gasteiger partial charge is 0.231 e. The Labute approximate surface area is 175 Å². The van der Waals surface area contributed by atoms with Gasteiger partial charge in [-0.25, -0.2) is 0 Å². The van der Waals surface area contributed by atoms with Crippen molar-refractivity contribution in [1.29, 1.82) is 0 Å². The molecule has 0 unspecified atom stereocenters. The summed E-state index contributed by atoms with van der Waals surface area (Å²) < 4.78 is 21.9. The van der Waals surface area contributed by atoms with Crippen molar-refractivity contribution in [2.24, 2.45) is 0 Å². The number of aryl methyl sites for hydroxylation is 2. The molecule has 1 aliphatic heterocycles. The molecular formula is C24H25NO5. The highest BCUT2D eigenvalue weighted by atomic mass is 16.7. The normalized spacial score (nSPS) is 14.3. The number of methoxy groups -OCH3 is 1. The van der Waals surface area contributed by atoms with Gasteiger partial charge in [-0.05, 0) is 60.2 Å². The van der Waals surface area contributed by atoms with Crippen LogP contribution in [0.1, 0.15) is 28.7 Å². The molecule has 30 heavy (non-hydrogen) atoms. The van der Waals surface area contributed by atoms with E-state index in [4.69, 9.17) is 18.6 Å². The number of carbonyl (C=O) groups is 1. The fourth-order valence-electron chi connectivity index (χ4n) is 4.31. The van der Waals surface area contributed by atoms with Crippen molar-refractivity contribution in [3.05, 3.63) is 58.8 Å². The molecule has 1 amide bonds. The Morgan fingerprint density at radius 3 is 2.80 bits per heavy atom. The van der Waals surface area contributed by atoms with Gasteiger partial charge in [0.1, 0.15) is 5.58 Å². The lowest BCUT2D eigenvalue weighted by Crippen LogP contribution is -2.34. The minimum atomic E-state index is 0.0490. The highest BCUT2D eigenvalue weighted by Gasteiger charge is 2.21. The summed E-state index contributed by atoms with van der Waals surface area (Å²) in [5, 5.41) is 1.05. The van der Waals surface area contributed by atoms with Gasteiger partial charge in [-0.15, -0.1) is 0 Å². The summed E-state index contributed by atoms with van der Waals surface area (Å²) in [5.74, 6) is 1.51. The van der Waals surface area contributed by atoms with Crippen LogP contribution in [-0.2, 0) is 35.3 Å². The van der Waals surface area contributed by atoms with Crippen LogP contribution in [-0.4, -0.2) is 37.9 Å². The van der Waals surface area contributed by atoms with E-state index in [-0.39, 0.29) is 12.7 Å². The van der Waals surface area contributed by atoms with Crippen LogP contribution in [0.5, 0.6) is 11.5 Å². The molecule has 0 bridgehead atoms. The van der Waals surface area contributed by atoms with Gasteiger partial charge in [-0.2, -0.15) is 0 Å². The highest BCUT2D eigenvalue weighted by molar-refractivity contribution is 5.88. The maximum Gasteiger partial charge on any atom is 0.231 e. The maximum absolute atomic E-state index is 13.2. The Bertz CT molecular complexity index is 1090. The largest absolute Gasteiger partial charge is 0.464 e. The van der Waals surface area contributed by atoms with Crippen molar-refractivity contribution in [3.63, 3.8) is 0 Å². The predicted octanol–water partition coefficient (Wildman–Crippen LogP) is 3.87. The lowest BCUT2D eigenvalue weighted by atomic mass is 10.0. The highest BCUT2D eigenvalue weighted by Crippen LogP contribution is 2.33. The van der Waals surface area contributed by atoms with Gasteiger partial charge in [0.15, 0.2) is 11.5 Å². The van der Waals surface area contributed by atoms with Crippen molar-refractivity contribution in [3.8, 4) is 11.5 Å². The Balaban J connectivity index is 1.35. The van der Waals surface area contributed by atoms with Crippen LogP contribution >= 0.6 is 0 Å². The van der Waals surface area contributed by atoms with E-state index in [1.54, 1.807) is 13.4 Å². The van der Waals surface area contributed by atoms with Gasteiger partial charge in [0, 0.05) is 31.1 Å². The third-order valence-electron chi connectivity index (χ3n) is 5.94. The first-order valence-corrected chi connectivity index (χ1v) is 10.4. The molecule has 1 aromatic heterocycles. The third kappa shape index (κ3) is 3.63. The van der Waals surface area contributed by atoms with Gasteiger partial charge in [0.05, 0.1) is 19.3 Å². The molecule has 0 N–H and O–H groups in total. The molecule has 2 heterocycles. The topological polar surface area (TPSA) is 61.1 Å². The maximum atomic E-state index is 13.2. The fraction of sp³-hybridized carbons (Fsp3) is 0.375. The Morgan fingerprint density at radius 2 is 1.93 bits per heavy atom. The van der Waals surface area contributed by atoms with E-state index >= 15 is 0 Å². The molecule has 0 saturated carbocycles. The summed E-state index contributed by atoms with van der Waals surface area (Å²) in [6, 6.07) is 10.1. The first-order chi connectivity index (χ1) is 14.7. The van der Waals surface area contributed by atoms with E-state index in [0.29, 0.717) is 26.1 Å². The quantitative estimate of drug-likeness (QED) is 0.595. The molecule has 3 aromatic rings. The average molecular weight is 407 g/mol. The molecule has 6 heteroatoms. The minimum Gasteiger partial charge on any atom is -0.464 e. The second kappa shape index (κ2) is 8.03.